The number of aromatic nitrogens is 2. The van der Waals surface area contributed by atoms with Gasteiger partial charge in [-0.05, 0) is 25.8 Å². The van der Waals surface area contributed by atoms with E-state index < -0.39 is 5.97 Å². The highest BCUT2D eigenvalue weighted by atomic mass is 32.1. The first kappa shape index (κ1) is 17.4. The highest BCUT2D eigenvalue weighted by molar-refractivity contribution is 7.19. The molecule has 0 bridgehead atoms. The fourth-order valence-corrected chi connectivity index (χ4v) is 3.69. The molecule has 0 aliphatic heterocycles. The third-order valence-corrected chi connectivity index (χ3v) is 5.14. The summed E-state index contributed by atoms with van der Waals surface area (Å²) in [6.07, 6.45) is 2.00. The van der Waals surface area contributed by atoms with Crippen molar-refractivity contribution in [2.24, 2.45) is 0 Å². The van der Waals surface area contributed by atoms with Crippen LogP contribution in [0.5, 0.6) is 0 Å². The minimum atomic E-state index is -0.425. The second kappa shape index (κ2) is 7.19. The Kier molecular flexibility index (Phi) is 4.99. The molecule has 0 aliphatic carbocycles. The molecule has 3 aromatic rings. The van der Waals surface area contributed by atoms with Crippen LogP contribution < -0.4 is 5.56 Å². The van der Waals surface area contributed by atoms with Crippen LogP contribution in [0.1, 0.15) is 25.1 Å². The van der Waals surface area contributed by atoms with E-state index in [2.05, 4.69) is 4.98 Å². The molecule has 1 atom stereocenters. The van der Waals surface area contributed by atoms with Gasteiger partial charge in [-0.25, -0.2) is 4.98 Å². The Morgan fingerprint density at radius 2 is 2.04 bits per heavy atom. The summed E-state index contributed by atoms with van der Waals surface area (Å²) in [7, 11) is 0. The molecule has 0 unspecified atom stereocenters. The van der Waals surface area contributed by atoms with E-state index in [0.717, 1.165) is 22.4 Å². The Bertz CT molecular complexity index is 960. The molecular weight excluding hydrogens is 336 g/mol. The lowest BCUT2D eigenvalue weighted by Crippen LogP contribution is -2.27. The number of aryl methyl sites for hydroxylation is 1. The lowest BCUT2D eigenvalue weighted by Gasteiger charge is -2.11. The van der Waals surface area contributed by atoms with E-state index in [1.54, 1.807) is 0 Å². The van der Waals surface area contributed by atoms with Gasteiger partial charge in [-0.2, -0.15) is 0 Å². The number of nitrogens with zero attached hydrogens (tertiary/aromatic N) is 2. The number of fused-ring (bicyclic) bond motifs is 1. The van der Waals surface area contributed by atoms with Crippen molar-refractivity contribution in [3.63, 3.8) is 0 Å². The minimum Gasteiger partial charge on any atom is -0.461 e. The van der Waals surface area contributed by atoms with Gasteiger partial charge in [0.1, 0.15) is 11.4 Å². The molecule has 0 amide bonds. The SMILES string of the molecule is CC[C@H](C)OC(=O)Cn1cnc2sc(C)c(-c3ccccc3)c2c1=O. The van der Waals surface area contributed by atoms with Gasteiger partial charge in [-0.15, -0.1) is 11.3 Å². The second-order valence-electron chi connectivity index (χ2n) is 5.97. The van der Waals surface area contributed by atoms with Gasteiger partial charge in [-0.1, -0.05) is 37.3 Å². The summed E-state index contributed by atoms with van der Waals surface area (Å²) in [4.78, 5) is 31.1. The molecule has 6 heteroatoms. The molecule has 3 rings (SSSR count). The number of benzene rings is 1. The first-order valence-electron chi connectivity index (χ1n) is 8.24. The molecule has 5 nitrogen and oxygen atoms in total. The first-order valence-corrected chi connectivity index (χ1v) is 9.06. The number of ether oxygens (including phenoxy) is 1. The van der Waals surface area contributed by atoms with E-state index in [1.807, 2.05) is 51.1 Å². The molecule has 0 saturated carbocycles. The van der Waals surface area contributed by atoms with Crippen molar-refractivity contribution in [3.05, 3.63) is 51.9 Å². The highest BCUT2D eigenvalue weighted by Gasteiger charge is 2.18. The Morgan fingerprint density at radius 3 is 2.72 bits per heavy atom. The van der Waals surface area contributed by atoms with Crippen LogP contribution in [-0.2, 0) is 16.1 Å². The monoisotopic (exact) mass is 356 g/mol. The zero-order chi connectivity index (χ0) is 18.0. The van der Waals surface area contributed by atoms with Gasteiger partial charge >= 0.3 is 5.97 Å². The van der Waals surface area contributed by atoms with Gasteiger partial charge in [0.2, 0.25) is 0 Å². The fraction of sp³-hybridized carbons (Fsp3) is 0.316. The Labute approximate surface area is 149 Å². The summed E-state index contributed by atoms with van der Waals surface area (Å²) in [6.45, 7) is 5.63. The first-order chi connectivity index (χ1) is 12.0. The third kappa shape index (κ3) is 3.49. The van der Waals surface area contributed by atoms with Crippen molar-refractivity contribution in [1.29, 1.82) is 0 Å². The summed E-state index contributed by atoms with van der Waals surface area (Å²) < 4.78 is 6.59. The molecule has 2 heterocycles. The number of carbonyl (C=O) groups is 1. The number of esters is 1. The summed E-state index contributed by atoms with van der Waals surface area (Å²) in [6, 6.07) is 9.77. The minimum absolute atomic E-state index is 0.130. The maximum absolute atomic E-state index is 12.9. The van der Waals surface area contributed by atoms with E-state index in [-0.39, 0.29) is 18.2 Å². The Morgan fingerprint density at radius 1 is 1.32 bits per heavy atom. The van der Waals surface area contributed by atoms with Gasteiger partial charge < -0.3 is 4.74 Å². The van der Waals surface area contributed by atoms with Crippen LogP contribution in [0.4, 0.5) is 0 Å². The average Bonchev–Trinajstić information content (AvgIpc) is 2.95. The number of hydrogen-bond acceptors (Lipinski definition) is 5. The number of thiophene rings is 1. The predicted molar refractivity (Wildman–Crippen MR) is 99.9 cm³/mol. The molecule has 0 N–H and O–H groups in total. The maximum Gasteiger partial charge on any atom is 0.326 e. The lowest BCUT2D eigenvalue weighted by molar-refractivity contribution is -0.149. The highest BCUT2D eigenvalue weighted by Crippen LogP contribution is 2.35. The van der Waals surface area contributed by atoms with Crippen LogP contribution in [0.15, 0.2) is 41.5 Å². The third-order valence-electron chi connectivity index (χ3n) is 4.12. The molecular formula is C19H20N2O3S. The van der Waals surface area contributed by atoms with Crippen LogP contribution in [-0.4, -0.2) is 21.6 Å². The topological polar surface area (TPSA) is 61.2 Å². The summed E-state index contributed by atoms with van der Waals surface area (Å²) in [5, 5.41) is 0.563. The van der Waals surface area contributed by atoms with Crippen LogP contribution >= 0.6 is 11.3 Å². The van der Waals surface area contributed by atoms with Gasteiger partial charge in [0.05, 0.1) is 17.8 Å². The van der Waals surface area contributed by atoms with E-state index in [0.29, 0.717) is 10.2 Å². The number of hydrogen-bond donors (Lipinski definition) is 0. The van der Waals surface area contributed by atoms with E-state index >= 15 is 0 Å². The van der Waals surface area contributed by atoms with Gasteiger partial charge in [0.15, 0.2) is 0 Å². The number of rotatable bonds is 5. The largest absolute Gasteiger partial charge is 0.461 e. The van der Waals surface area contributed by atoms with Crippen molar-refractivity contribution in [1.82, 2.24) is 9.55 Å². The second-order valence-corrected chi connectivity index (χ2v) is 7.17. The molecule has 0 spiro atoms. The quantitative estimate of drug-likeness (QED) is 0.653. The predicted octanol–water partition coefficient (Wildman–Crippen LogP) is 3.78. The van der Waals surface area contributed by atoms with Crippen LogP contribution in [0, 0.1) is 6.92 Å². The van der Waals surface area contributed by atoms with Crippen molar-refractivity contribution < 1.29 is 9.53 Å². The fourth-order valence-electron chi connectivity index (χ4n) is 2.69. The van der Waals surface area contributed by atoms with Gasteiger partial charge in [0, 0.05) is 10.4 Å². The molecule has 130 valence electrons. The molecule has 2 aromatic heterocycles. The maximum atomic E-state index is 12.9. The summed E-state index contributed by atoms with van der Waals surface area (Å²) in [5.41, 5.74) is 1.65. The summed E-state index contributed by atoms with van der Waals surface area (Å²) in [5.74, 6) is -0.425. The molecule has 25 heavy (non-hydrogen) atoms. The van der Waals surface area contributed by atoms with E-state index in [4.69, 9.17) is 4.74 Å². The van der Waals surface area contributed by atoms with Crippen LogP contribution in [0.25, 0.3) is 21.3 Å². The molecule has 1 aromatic carbocycles. The summed E-state index contributed by atoms with van der Waals surface area (Å²) >= 11 is 1.49. The van der Waals surface area contributed by atoms with Crippen molar-refractivity contribution in [3.8, 4) is 11.1 Å². The van der Waals surface area contributed by atoms with Crippen LogP contribution in [0.3, 0.4) is 0 Å². The lowest BCUT2D eigenvalue weighted by atomic mass is 10.0. The molecule has 0 fully saturated rings. The Balaban J connectivity index is 2.05. The van der Waals surface area contributed by atoms with Crippen molar-refractivity contribution >= 4 is 27.5 Å². The zero-order valence-corrected chi connectivity index (χ0v) is 15.3. The van der Waals surface area contributed by atoms with Crippen molar-refractivity contribution in [2.75, 3.05) is 0 Å². The molecule has 0 aliphatic rings. The van der Waals surface area contributed by atoms with E-state index in [9.17, 15) is 9.59 Å². The molecule has 0 radical (unpaired) electrons. The standard InChI is InChI=1S/C19H20N2O3S/c1-4-12(2)24-15(22)10-21-11-20-18-17(19(21)23)16(13(3)25-18)14-8-6-5-7-9-14/h5-9,11-12H,4,10H2,1-3H3/t12-/m0/s1. The average molecular weight is 356 g/mol. The number of carbonyl (C=O) groups excluding carboxylic acids is 1. The van der Waals surface area contributed by atoms with Gasteiger partial charge in [0.25, 0.3) is 5.56 Å². The zero-order valence-electron chi connectivity index (χ0n) is 14.5. The normalized spacial score (nSPS) is 12.3. The van der Waals surface area contributed by atoms with E-state index in [1.165, 1.54) is 22.2 Å². The smallest absolute Gasteiger partial charge is 0.326 e. The Hall–Kier alpha value is -2.47. The molecule has 0 saturated heterocycles. The van der Waals surface area contributed by atoms with Crippen LogP contribution in [0.2, 0.25) is 0 Å². The van der Waals surface area contributed by atoms with Gasteiger partial charge in [-0.3, -0.25) is 14.2 Å². The van der Waals surface area contributed by atoms with Crippen molar-refractivity contribution in [2.45, 2.75) is 39.8 Å².